The van der Waals surface area contributed by atoms with Gasteiger partial charge in [-0.3, -0.25) is 9.79 Å². The Morgan fingerprint density at radius 2 is 2.05 bits per heavy atom. The minimum absolute atomic E-state index is 0. The molecule has 0 saturated heterocycles. The number of halogens is 2. The molecule has 0 aliphatic heterocycles. The highest BCUT2D eigenvalue weighted by atomic mass is 127. The number of hydrogen-bond donors (Lipinski definition) is 3. The Morgan fingerprint density at radius 1 is 1.33 bits per heavy atom. The summed E-state index contributed by atoms with van der Waals surface area (Å²) in [4.78, 5) is 16.0. The molecule has 1 rings (SSSR count). The Hall–Kier alpha value is -0.830. The molecule has 5 nitrogen and oxygen atoms in total. The van der Waals surface area contributed by atoms with E-state index in [1.165, 1.54) is 0 Å². The van der Waals surface area contributed by atoms with Crippen LogP contribution in [0.1, 0.15) is 30.1 Å². The molecular formula is C14H22BrIN4O. The number of carbonyl (C=O) groups is 1. The largest absolute Gasteiger partial charge is 0.370 e. The van der Waals surface area contributed by atoms with Crippen LogP contribution in [0.2, 0.25) is 0 Å². The van der Waals surface area contributed by atoms with Crippen molar-refractivity contribution in [2.75, 3.05) is 19.6 Å². The van der Waals surface area contributed by atoms with E-state index >= 15 is 0 Å². The summed E-state index contributed by atoms with van der Waals surface area (Å²) in [6.45, 7) is 4.07. The van der Waals surface area contributed by atoms with Gasteiger partial charge in [0.25, 0.3) is 5.91 Å². The van der Waals surface area contributed by atoms with Crippen molar-refractivity contribution in [1.29, 1.82) is 0 Å². The maximum atomic E-state index is 11.8. The number of benzene rings is 1. The lowest BCUT2D eigenvalue weighted by molar-refractivity contribution is 0.0953. The Bertz CT molecular complexity index is 468. The summed E-state index contributed by atoms with van der Waals surface area (Å²) in [5.74, 6) is 0.393. The van der Waals surface area contributed by atoms with Crippen molar-refractivity contribution in [1.82, 2.24) is 10.6 Å². The lowest BCUT2D eigenvalue weighted by Crippen LogP contribution is -2.34. The molecule has 7 heteroatoms. The first-order chi connectivity index (χ1) is 9.63. The molecule has 0 saturated carbocycles. The Labute approximate surface area is 151 Å². The third-order valence-corrected chi connectivity index (χ3v) is 3.03. The molecule has 1 amide bonds. The zero-order chi connectivity index (χ0) is 14.8. The van der Waals surface area contributed by atoms with E-state index in [-0.39, 0.29) is 29.9 Å². The standard InChI is InChI=1S/C14H21BrN4O.HI/c1-2-7-18-14(16)19-9-4-8-17-13(20)11-5-3-6-12(15)10-11;/h3,5-6,10H,2,4,7-9H2,1H3,(H,17,20)(H3,16,18,19);1H. The van der Waals surface area contributed by atoms with Crippen molar-refractivity contribution < 1.29 is 4.79 Å². The van der Waals surface area contributed by atoms with E-state index in [9.17, 15) is 4.79 Å². The van der Waals surface area contributed by atoms with Gasteiger partial charge in [-0.15, -0.1) is 24.0 Å². The lowest BCUT2D eigenvalue weighted by Gasteiger charge is -2.07. The topological polar surface area (TPSA) is 79.5 Å². The van der Waals surface area contributed by atoms with E-state index in [2.05, 4.69) is 31.6 Å². The SMILES string of the molecule is CCCN=C(N)NCCCNC(=O)c1cccc(Br)c1.I. The second-order valence-corrected chi connectivity index (χ2v) is 5.23. The maximum absolute atomic E-state index is 11.8. The molecule has 118 valence electrons. The van der Waals surface area contributed by atoms with Crippen LogP contribution in [0.15, 0.2) is 33.7 Å². The minimum Gasteiger partial charge on any atom is -0.370 e. The Balaban J connectivity index is 0.00000400. The predicted molar refractivity (Wildman–Crippen MR) is 101 cm³/mol. The zero-order valence-corrected chi connectivity index (χ0v) is 16.0. The number of aliphatic imine (C=N–C) groups is 1. The number of nitrogens with one attached hydrogen (secondary N) is 2. The molecule has 0 atom stereocenters. The van der Waals surface area contributed by atoms with Gasteiger partial charge in [-0.1, -0.05) is 28.9 Å². The number of amides is 1. The molecule has 1 aromatic rings. The van der Waals surface area contributed by atoms with Gasteiger partial charge in [0.2, 0.25) is 0 Å². The molecule has 0 aromatic heterocycles. The first-order valence-electron chi connectivity index (χ1n) is 6.71. The van der Waals surface area contributed by atoms with Crippen LogP contribution in [0.5, 0.6) is 0 Å². The Morgan fingerprint density at radius 3 is 2.71 bits per heavy atom. The van der Waals surface area contributed by atoms with Crippen LogP contribution in [0, 0.1) is 0 Å². The summed E-state index contributed by atoms with van der Waals surface area (Å²) in [6.07, 6.45) is 1.77. The molecule has 0 unspecified atom stereocenters. The molecule has 1 aromatic carbocycles. The summed E-state index contributed by atoms with van der Waals surface area (Å²) < 4.78 is 0.895. The smallest absolute Gasteiger partial charge is 0.251 e. The second-order valence-electron chi connectivity index (χ2n) is 4.31. The summed E-state index contributed by atoms with van der Waals surface area (Å²) >= 11 is 3.34. The summed E-state index contributed by atoms with van der Waals surface area (Å²) in [7, 11) is 0. The van der Waals surface area contributed by atoms with Crippen molar-refractivity contribution in [3.63, 3.8) is 0 Å². The van der Waals surface area contributed by atoms with Crippen LogP contribution in [-0.4, -0.2) is 31.5 Å². The number of guanidine groups is 1. The van der Waals surface area contributed by atoms with Gasteiger partial charge in [0, 0.05) is 29.7 Å². The van der Waals surface area contributed by atoms with E-state index in [1.807, 2.05) is 19.1 Å². The summed E-state index contributed by atoms with van der Waals surface area (Å²) in [5.41, 5.74) is 6.31. The van der Waals surface area contributed by atoms with Crippen molar-refractivity contribution in [2.24, 2.45) is 10.7 Å². The van der Waals surface area contributed by atoms with E-state index in [4.69, 9.17) is 5.73 Å². The molecule has 0 bridgehead atoms. The van der Waals surface area contributed by atoms with Crippen LogP contribution >= 0.6 is 39.9 Å². The predicted octanol–water partition coefficient (Wildman–Crippen LogP) is 2.50. The minimum atomic E-state index is -0.0704. The van der Waals surface area contributed by atoms with Gasteiger partial charge in [-0.2, -0.15) is 0 Å². The highest BCUT2D eigenvalue weighted by Crippen LogP contribution is 2.11. The van der Waals surface area contributed by atoms with Gasteiger partial charge < -0.3 is 16.4 Å². The van der Waals surface area contributed by atoms with Crippen molar-refractivity contribution in [3.8, 4) is 0 Å². The fraction of sp³-hybridized carbons (Fsp3) is 0.429. The quantitative estimate of drug-likeness (QED) is 0.249. The van der Waals surface area contributed by atoms with Gasteiger partial charge >= 0.3 is 0 Å². The van der Waals surface area contributed by atoms with E-state index < -0.39 is 0 Å². The monoisotopic (exact) mass is 468 g/mol. The first-order valence-corrected chi connectivity index (χ1v) is 7.50. The normalized spacial score (nSPS) is 10.7. The van der Waals surface area contributed by atoms with E-state index in [0.717, 1.165) is 23.9 Å². The van der Waals surface area contributed by atoms with Gasteiger partial charge in [-0.05, 0) is 31.0 Å². The number of carbonyl (C=O) groups excluding carboxylic acids is 1. The van der Waals surface area contributed by atoms with Crippen molar-refractivity contribution in [3.05, 3.63) is 34.3 Å². The third kappa shape index (κ3) is 8.92. The van der Waals surface area contributed by atoms with Crippen LogP contribution < -0.4 is 16.4 Å². The van der Waals surface area contributed by atoms with Gasteiger partial charge in [-0.25, -0.2) is 0 Å². The molecule has 0 radical (unpaired) electrons. The van der Waals surface area contributed by atoms with Crippen LogP contribution in [0.25, 0.3) is 0 Å². The van der Waals surface area contributed by atoms with Crippen molar-refractivity contribution >= 4 is 51.8 Å². The second kappa shape index (κ2) is 11.8. The summed E-state index contributed by atoms with van der Waals surface area (Å²) in [5, 5.41) is 5.87. The molecule has 21 heavy (non-hydrogen) atoms. The number of hydrogen-bond acceptors (Lipinski definition) is 2. The van der Waals surface area contributed by atoms with Crippen LogP contribution in [0.4, 0.5) is 0 Å². The zero-order valence-electron chi connectivity index (χ0n) is 12.1. The third-order valence-electron chi connectivity index (χ3n) is 2.54. The highest BCUT2D eigenvalue weighted by molar-refractivity contribution is 14.0. The molecule has 0 fully saturated rings. The molecular weight excluding hydrogens is 447 g/mol. The van der Waals surface area contributed by atoms with Crippen molar-refractivity contribution in [2.45, 2.75) is 19.8 Å². The molecule has 0 heterocycles. The van der Waals surface area contributed by atoms with Gasteiger partial charge in [0.05, 0.1) is 0 Å². The summed E-state index contributed by atoms with van der Waals surface area (Å²) in [6, 6.07) is 7.31. The molecule has 0 aliphatic carbocycles. The molecule has 0 spiro atoms. The maximum Gasteiger partial charge on any atom is 0.251 e. The average molecular weight is 469 g/mol. The molecule has 4 N–H and O–H groups in total. The van der Waals surface area contributed by atoms with Crippen LogP contribution in [0.3, 0.4) is 0 Å². The van der Waals surface area contributed by atoms with E-state index in [0.29, 0.717) is 24.6 Å². The van der Waals surface area contributed by atoms with Gasteiger partial charge in [0.1, 0.15) is 0 Å². The number of nitrogens with two attached hydrogens (primary N) is 1. The van der Waals surface area contributed by atoms with Gasteiger partial charge in [0.15, 0.2) is 5.96 Å². The number of nitrogens with zero attached hydrogens (tertiary/aromatic N) is 1. The highest BCUT2D eigenvalue weighted by Gasteiger charge is 2.04. The fourth-order valence-corrected chi connectivity index (χ4v) is 1.93. The molecule has 0 aliphatic rings. The fourth-order valence-electron chi connectivity index (χ4n) is 1.53. The first kappa shape index (κ1) is 20.2. The Kier molecular flexibility index (Phi) is 11.3. The number of rotatable bonds is 7. The van der Waals surface area contributed by atoms with Crippen LogP contribution in [-0.2, 0) is 0 Å². The average Bonchev–Trinajstić information content (AvgIpc) is 2.44. The lowest BCUT2D eigenvalue weighted by atomic mass is 10.2. The van der Waals surface area contributed by atoms with E-state index in [1.54, 1.807) is 12.1 Å².